The molecule has 0 aliphatic carbocycles. The number of hydrogen-bond donors (Lipinski definition) is 0. The smallest absolute Gasteiger partial charge is 0.204 e. The number of rotatable bonds is 1. The van der Waals surface area contributed by atoms with Gasteiger partial charge in [-0.3, -0.25) is 0 Å². The van der Waals surface area contributed by atoms with Gasteiger partial charge in [0.15, 0.2) is 5.84 Å². The summed E-state index contributed by atoms with van der Waals surface area (Å²) in [5.41, 5.74) is 3.73. The van der Waals surface area contributed by atoms with E-state index in [0.29, 0.717) is 4.74 Å². The van der Waals surface area contributed by atoms with Crippen molar-refractivity contribution in [3.8, 4) is 0 Å². The van der Waals surface area contributed by atoms with Gasteiger partial charge in [-0.1, -0.05) is 6.92 Å². The molecule has 0 fully saturated rings. The zero-order valence-electron chi connectivity index (χ0n) is 4.43. The van der Waals surface area contributed by atoms with Crippen LogP contribution in [0.25, 0.3) is 0 Å². The molecular formula is C4H5BrN3. The van der Waals surface area contributed by atoms with Crippen molar-refractivity contribution in [2.75, 3.05) is 0 Å². The second-order valence-corrected chi connectivity index (χ2v) is 2.06. The standard InChI is InChI=1S/C4H5BrN3/c1-2-3-6-4(5)8-7-3/h2H2,1H3. The summed E-state index contributed by atoms with van der Waals surface area (Å²) in [6.45, 7) is 1.99. The summed E-state index contributed by atoms with van der Waals surface area (Å²) in [4.78, 5) is 3.92. The molecule has 0 atom stereocenters. The van der Waals surface area contributed by atoms with Crippen LogP contribution >= 0.6 is 15.9 Å². The molecule has 4 heteroatoms. The molecule has 0 spiro atoms. The highest BCUT2D eigenvalue weighted by molar-refractivity contribution is 9.18. The predicted molar refractivity (Wildman–Crippen MR) is 36.2 cm³/mol. The molecule has 3 nitrogen and oxygen atoms in total. The Bertz CT molecular complexity index is 149. The lowest BCUT2D eigenvalue weighted by molar-refractivity contribution is 0.999. The zero-order chi connectivity index (χ0) is 5.98. The van der Waals surface area contributed by atoms with E-state index in [9.17, 15) is 0 Å². The molecule has 1 aliphatic heterocycles. The van der Waals surface area contributed by atoms with Crippen LogP contribution in [0.1, 0.15) is 13.3 Å². The first-order valence-electron chi connectivity index (χ1n) is 2.34. The molecule has 1 heterocycles. The Morgan fingerprint density at radius 3 is 2.62 bits per heavy atom. The predicted octanol–water partition coefficient (Wildman–Crippen LogP) is 1.08. The molecule has 0 unspecified atom stereocenters. The van der Waals surface area contributed by atoms with Crippen molar-refractivity contribution in [3.05, 3.63) is 0 Å². The Hall–Kier alpha value is -0.380. The summed E-state index contributed by atoms with van der Waals surface area (Å²) in [5.74, 6) is 0.789. The third-order valence-electron chi connectivity index (χ3n) is 0.785. The van der Waals surface area contributed by atoms with Crippen molar-refractivity contribution in [1.82, 2.24) is 5.43 Å². The van der Waals surface area contributed by atoms with Gasteiger partial charge in [-0.25, -0.2) is 4.99 Å². The van der Waals surface area contributed by atoms with Crippen molar-refractivity contribution in [2.45, 2.75) is 13.3 Å². The van der Waals surface area contributed by atoms with Gasteiger partial charge in [0.05, 0.1) is 0 Å². The fourth-order valence-corrected chi connectivity index (χ4v) is 0.684. The Labute approximate surface area is 56.0 Å². The van der Waals surface area contributed by atoms with E-state index in [1.165, 1.54) is 0 Å². The van der Waals surface area contributed by atoms with Crippen LogP contribution in [-0.2, 0) is 0 Å². The Morgan fingerprint density at radius 2 is 2.38 bits per heavy atom. The van der Waals surface area contributed by atoms with Crippen LogP contribution in [0.3, 0.4) is 0 Å². The van der Waals surface area contributed by atoms with Crippen LogP contribution in [0, 0.1) is 0 Å². The molecule has 1 radical (unpaired) electrons. The van der Waals surface area contributed by atoms with E-state index in [0.717, 1.165) is 12.3 Å². The molecule has 8 heavy (non-hydrogen) atoms. The maximum atomic E-state index is 3.92. The molecule has 1 rings (SSSR count). The van der Waals surface area contributed by atoms with Gasteiger partial charge < -0.3 is 0 Å². The third-order valence-corrected chi connectivity index (χ3v) is 1.12. The first-order valence-corrected chi connectivity index (χ1v) is 3.14. The number of hydrogen-bond acceptors (Lipinski definition) is 2. The van der Waals surface area contributed by atoms with Crippen molar-refractivity contribution in [1.29, 1.82) is 0 Å². The van der Waals surface area contributed by atoms with E-state index in [4.69, 9.17) is 0 Å². The number of aliphatic imine (C=N–C) groups is 1. The van der Waals surface area contributed by atoms with Gasteiger partial charge in [0.2, 0.25) is 4.74 Å². The highest BCUT2D eigenvalue weighted by atomic mass is 79.9. The van der Waals surface area contributed by atoms with Crippen LogP contribution < -0.4 is 5.43 Å². The van der Waals surface area contributed by atoms with E-state index < -0.39 is 0 Å². The zero-order valence-corrected chi connectivity index (χ0v) is 6.01. The van der Waals surface area contributed by atoms with Crippen LogP contribution in [0.15, 0.2) is 10.1 Å². The topological polar surface area (TPSA) is 38.8 Å². The molecule has 0 saturated carbocycles. The second-order valence-electron chi connectivity index (χ2n) is 1.35. The molecular weight excluding hydrogens is 170 g/mol. The second kappa shape index (κ2) is 2.26. The molecule has 0 aromatic rings. The largest absolute Gasteiger partial charge is 0.219 e. The Balaban J connectivity index is 2.56. The van der Waals surface area contributed by atoms with Crippen LogP contribution in [0.2, 0.25) is 0 Å². The molecule has 0 bridgehead atoms. The van der Waals surface area contributed by atoms with Crippen molar-refractivity contribution in [3.63, 3.8) is 0 Å². The van der Waals surface area contributed by atoms with E-state index in [-0.39, 0.29) is 0 Å². The third kappa shape index (κ3) is 1.06. The van der Waals surface area contributed by atoms with Gasteiger partial charge in [0, 0.05) is 6.42 Å². The fourth-order valence-electron chi connectivity index (χ4n) is 0.400. The normalized spacial score (nSPS) is 17.2. The maximum absolute atomic E-state index is 3.92. The number of halogens is 1. The first kappa shape index (κ1) is 5.75. The molecule has 43 valence electrons. The molecule has 1 aliphatic rings. The highest BCUT2D eigenvalue weighted by Gasteiger charge is 2.04. The molecule has 0 N–H and O–H groups in total. The minimum Gasteiger partial charge on any atom is -0.204 e. The summed E-state index contributed by atoms with van der Waals surface area (Å²) in [6.07, 6.45) is 0.846. The van der Waals surface area contributed by atoms with Crippen molar-refractivity contribution >= 4 is 26.5 Å². The van der Waals surface area contributed by atoms with E-state index in [2.05, 4.69) is 31.4 Å². The summed E-state index contributed by atoms with van der Waals surface area (Å²) >= 11 is 3.09. The van der Waals surface area contributed by atoms with Gasteiger partial charge in [-0.2, -0.15) is 0 Å². The molecule has 0 aromatic heterocycles. The lowest BCUT2D eigenvalue weighted by Crippen LogP contribution is -2.02. The minimum atomic E-state index is 0.578. The van der Waals surface area contributed by atoms with Crippen LogP contribution in [0.4, 0.5) is 0 Å². The molecule has 0 aromatic carbocycles. The van der Waals surface area contributed by atoms with Gasteiger partial charge in [0.1, 0.15) is 0 Å². The summed E-state index contributed by atoms with van der Waals surface area (Å²) in [5, 5.41) is 3.64. The van der Waals surface area contributed by atoms with Gasteiger partial charge in [0.25, 0.3) is 0 Å². The number of amidine groups is 2. The van der Waals surface area contributed by atoms with Gasteiger partial charge in [-0.15, -0.1) is 10.5 Å². The Kier molecular flexibility index (Phi) is 1.62. The Morgan fingerprint density at radius 1 is 1.62 bits per heavy atom. The summed E-state index contributed by atoms with van der Waals surface area (Å²) in [7, 11) is 0. The van der Waals surface area contributed by atoms with E-state index >= 15 is 0 Å². The number of nitrogens with zero attached hydrogens (tertiary/aromatic N) is 3. The SMILES string of the molecule is CCC1=NC(Br)=N[N]1. The fraction of sp³-hybridized carbons (Fsp3) is 0.500. The lowest BCUT2D eigenvalue weighted by Gasteiger charge is -1.84. The van der Waals surface area contributed by atoms with Gasteiger partial charge >= 0.3 is 0 Å². The maximum Gasteiger partial charge on any atom is 0.219 e. The van der Waals surface area contributed by atoms with Gasteiger partial charge in [-0.05, 0) is 15.9 Å². The summed E-state index contributed by atoms with van der Waals surface area (Å²) in [6, 6.07) is 0. The van der Waals surface area contributed by atoms with Crippen molar-refractivity contribution in [2.24, 2.45) is 10.1 Å². The molecule has 0 saturated heterocycles. The molecule has 0 amide bonds. The quantitative estimate of drug-likeness (QED) is 0.535. The lowest BCUT2D eigenvalue weighted by atomic mass is 10.5. The average molecular weight is 175 g/mol. The summed E-state index contributed by atoms with van der Waals surface area (Å²) < 4.78 is 0.578. The average Bonchev–Trinajstić information content (AvgIpc) is 2.14. The first-order chi connectivity index (χ1) is 3.83. The van der Waals surface area contributed by atoms with Crippen LogP contribution in [-0.4, -0.2) is 10.6 Å². The van der Waals surface area contributed by atoms with Crippen molar-refractivity contribution < 1.29 is 0 Å². The van der Waals surface area contributed by atoms with E-state index in [1.54, 1.807) is 0 Å². The van der Waals surface area contributed by atoms with E-state index in [1.807, 2.05) is 6.92 Å². The minimum absolute atomic E-state index is 0.578. The monoisotopic (exact) mass is 174 g/mol. The highest BCUT2D eigenvalue weighted by Crippen LogP contribution is 2.00. The van der Waals surface area contributed by atoms with Crippen LogP contribution in [0.5, 0.6) is 0 Å².